The molecule has 1 rings (SSSR count). The van der Waals surface area contributed by atoms with Gasteiger partial charge in [0.05, 0.1) is 12.3 Å². The third-order valence-electron chi connectivity index (χ3n) is 1.78. The SMILES string of the molecule is CC(C)N(C)c1nc(CO)cs1. The molecule has 1 aromatic heterocycles. The van der Waals surface area contributed by atoms with Gasteiger partial charge >= 0.3 is 0 Å². The molecule has 0 aliphatic rings. The summed E-state index contributed by atoms with van der Waals surface area (Å²) in [7, 11) is 2.00. The zero-order valence-corrected chi connectivity index (χ0v) is 8.43. The Labute approximate surface area is 76.7 Å². The van der Waals surface area contributed by atoms with Crippen LogP contribution in [0.5, 0.6) is 0 Å². The highest BCUT2D eigenvalue weighted by Crippen LogP contribution is 2.20. The number of aromatic nitrogens is 1. The van der Waals surface area contributed by atoms with E-state index in [0.29, 0.717) is 6.04 Å². The fourth-order valence-electron chi connectivity index (χ4n) is 0.752. The van der Waals surface area contributed by atoms with Crippen LogP contribution in [0.2, 0.25) is 0 Å². The van der Waals surface area contributed by atoms with Gasteiger partial charge in [-0.05, 0) is 13.8 Å². The highest BCUT2D eigenvalue weighted by atomic mass is 32.1. The standard InChI is InChI=1S/C8H14N2OS/c1-6(2)10(3)8-9-7(4-11)5-12-8/h5-6,11H,4H2,1-3H3. The molecule has 0 aliphatic carbocycles. The minimum Gasteiger partial charge on any atom is -0.390 e. The van der Waals surface area contributed by atoms with E-state index in [4.69, 9.17) is 5.11 Å². The van der Waals surface area contributed by atoms with E-state index in [0.717, 1.165) is 10.8 Å². The summed E-state index contributed by atoms with van der Waals surface area (Å²) in [5.74, 6) is 0. The summed E-state index contributed by atoms with van der Waals surface area (Å²) in [4.78, 5) is 6.33. The number of aliphatic hydroxyl groups excluding tert-OH is 1. The Morgan fingerprint density at radius 1 is 1.67 bits per heavy atom. The van der Waals surface area contributed by atoms with Crippen molar-refractivity contribution in [3.05, 3.63) is 11.1 Å². The number of hydrogen-bond acceptors (Lipinski definition) is 4. The first kappa shape index (κ1) is 9.48. The summed E-state index contributed by atoms with van der Waals surface area (Å²) in [6, 6.07) is 0.447. The van der Waals surface area contributed by atoms with Gasteiger partial charge in [0.1, 0.15) is 0 Å². The summed E-state index contributed by atoms with van der Waals surface area (Å²) in [6.07, 6.45) is 0. The Bertz CT molecular complexity index is 247. The Morgan fingerprint density at radius 2 is 2.33 bits per heavy atom. The van der Waals surface area contributed by atoms with Crippen molar-refractivity contribution in [3.8, 4) is 0 Å². The highest BCUT2D eigenvalue weighted by molar-refractivity contribution is 7.13. The van der Waals surface area contributed by atoms with Crippen molar-refractivity contribution in [1.82, 2.24) is 4.98 Å². The normalized spacial score (nSPS) is 10.8. The van der Waals surface area contributed by atoms with Gasteiger partial charge in [0.2, 0.25) is 0 Å². The summed E-state index contributed by atoms with van der Waals surface area (Å²) >= 11 is 1.57. The van der Waals surface area contributed by atoms with E-state index in [9.17, 15) is 0 Å². The van der Waals surface area contributed by atoms with Crippen LogP contribution in [0.1, 0.15) is 19.5 Å². The maximum absolute atomic E-state index is 8.80. The van der Waals surface area contributed by atoms with E-state index in [2.05, 4.69) is 23.7 Å². The highest BCUT2D eigenvalue weighted by Gasteiger charge is 2.08. The second-order valence-electron chi connectivity index (χ2n) is 2.98. The lowest BCUT2D eigenvalue weighted by Crippen LogP contribution is -2.25. The number of thiazole rings is 1. The van der Waals surface area contributed by atoms with Gasteiger partial charge in [-0.1, -0.05) is 0 Å². The van der Waals surface area contributed by atoms with Gasteiger partial charge in [0.25, 0.3) is 0 Å². The van der Waals surface area contributed by atoms with Crippen molar-refractivity contribution in [1.29, 1.82) is 0 Å². The molecule has 3 nitrogen and oxygen atoms in total. The molecule has 1 N–H and O–H groups in total. The molecular formula is C8H14N2OS. The van der Waals surface area contributed by atoms with Gasteiger partial charge in [-0.2, -0.15) is 0 Å². The van der Waals surface area contributed by atoms with Gasteiger partial charge < -0.3 is 10.0 Å². The molecule has 1 aromatic rings. The average Bonchev–Trinajstić information content (AvgIpc) is 2.50. The second kappa shape index (κ2) is 3.87. The Hall–Kier alpha value is -0.610. The number of nitrogens with zero attached hydrogens (tertiary/aromatic N) is 2. The van der Waals surface area contributed by atoms with E-state index in [-0.39, 0.29) is 6.61 Å². The molecule has 0 aromatic carbocycles. The Balaban J connectivity index is 2.74. The fraction of sp³-hybridized carbons (Fsp3) is 0.625. The third-order valence-corrected chi connectivity index (χ3v) is 2.76. The minimum absolute atomic E-state index is 0.0302. The lowest BCUT2D eigenvalue weighted by Gasteiger charge is -2.19. The van der Waals surface area contributed by atoms with Crippen molar-refractivity contribution in [2.75, 3.05) is 11.9 Å². The molecule has 4 heteroatoms. The van der Waals surface area contributed by atoms with Gasteiger partial charge in [0, 0.05) is 18.5 Å². The van der Waals surface area contributed by atoms with Crippen LogP contribution in [0, 0.1) is 0 Å². The smallest absolute Gasteiger partial charge is 0.185 e. The van der Waals surface area contributed by atoms with Crippen molar-refractivity contribution in [3.63, 3.8) is 0 Å². The van der Waals surface area contributed by atoms with E-state index in [1.54, 1.807) is 11.3 Å². The van der Waals surface area contributed by atoms with E-state index < -0.39 is 0 Å². The molecule has 0 amide bonds. The molecule has 1 heterocycles. The zero-order chi connectivity index (χ0) is 9.14. The van der Waals surface area contributed by atoms with Crippen LogP contribution in [0.25, 0.3) is 0 Å². The quantitative estimate of drug-likeness (QED) is 0.776. The van der Waals surface area contributed by atoms with Crippen LogP contribution >= 0.6 is 11.3 Å². The summed E-state index contributed by atoms with van der Waals surface area (Å²) < 4.78 is 0. The number of hydrogen-bond donors (Lipinski definition) is 1. The van der Waals surface area contributed by atoms with Gasteiger partial charge in [-0.25, -0.2) is 4.98 Å². The predicted octanol–water partition coefficient (Wildman–Crippen LogP) is 1.48. The van der Waals surface area contributed by atoms with Crippen LogP contribution in [-0.4, -0.2) is 23.2 Å². The van der Waals surface area contributed by atoms with Crippen molar-refractivity contribution in [2.45, 2.75) is 26.5 Å². The molecule has 0 fully saturated rings. The van der Waals surface area contributed by atoms with Crippen molar-refractivity contribution in [2.24, 2.45) is 0 Å². The molecule has 0 saturated heterocycles. The van der Waals surface area contributed by atoms with Crippen molar-refractivity contribution < 1.29 is 5.11 Å². The monoisotopic (exact) mass is 186 g/mol. The second-order valence-corrected chi connectivity index (χ2v) is 3.82. The Morgan fingerprint density at radius 3 is 2.75 bits per heavy atom. The molecule has 0 aliphatic heterocycles. The molecule has 0 atom stereocenters. The first-order valence-electron chi connectivity index (χ1n) is 3.93. The third kappa shape index (κ3) is 1.95. The molecule has 0 bridgehead atoms. The predicted molar refractivity (Wildman–Crippen MR) is 51.6 cm³/mol. The van der Waals surface area contributed by atoms with Crippen LogP contribution in [0.3, 0.4) is 0 Å². The topological polar surface area (TPSA) is 36.4 Å². The number of rotatable bonds is 3. The average molecular weight is 186 g/mol. The van der Waals surface area contributed by atoms with E-state index in [1.807, 2.05) is 12.4 Å². The van der Waals surface area contributed by atoms with Gasteiger partial charge in [-0.15, -0.1) is 11.3 Å². The molecule has 12 heavy (non-hydrogen) atoms. The lowest BCUT2D eigenvalue weighted by atomic mass is 10.4. The zero-order valence-electron chi connectivity index (χ0n) is 7.61. The first-order valence-corrected chi connectivity index (χ1v) is 4.81. The van der Waals surface area contributed by atoms with Crippen molar-refractivity contribution >= 4 is 16.5 Å². The van der Waals surface area contributed by atoms with E-state index in [1.165, 1.54) is 0 Å². The van der Waals surface area contributed by atoms with Gasteiger partial charge in [0.15, 0.2) is 5.13 Å². The maximum atomic E-state index is 8.80. The van der Waals surface area contributed by atoms with E-state index >= 15 is 0 Å². The maximum Gasteiger partial charge on any atom is 0.185 e. The lowest BCUT2D eigenvalue weighted by molar-refractivity contribution is 0.277. The largest absolute Gasteiger partial charge is 0.390 e. The first-order chi connectivity index (χ1) is 5.65. The molecular weight excluding hydrogens is 172 g/mol. The van der Waals surface area contributed by atoms with Crippen LogP contribution < -0.4 is 4.90 Å². The Kier molecular flexibility index (Phi) is 3.05. The molecule has 0 saturated carbocycles. The molecule has 0 spiro atoms. The number of aliphatic hydroxyl groups is 1. The molecule has 0 unspecified atom stereocenters. The fourth-order valence-corrected chi connectivity index (χ4v) is 1.67. The van der Waals surface area contributed by atoms with Crippen LogP contribution in [-0.2, 0) is 6.61 Å². The van der Waals surface area contributed by atoms with Crippen LogP contribution in [0.4, 0.5) is 5.13 Å². The van der Waals surface area contributed by atoms with Crippen LogP contribution in [0.15, 0.2) is 5.38 Å². The molecule has 68 valence electrons. The summed E-state index contributed by atoms with van der Waals surface area (Å²) in [5, 5.41) is 11.6. The number of anilines is 1. The molecule has 0 radical (unpaired) electrons. The minimum atomic E-state index is 0.0302. The summed E-state index contributed by atoms with van der Waals surface area (Å²) in [6.45, 7) is 4.25. The van der Waals surface area contributed by atoms with Gasteiger partial charge in [-0.3, -0.25) is 0 Å². The summed E-state index contributed by atoms with van der Waals surface area (Å²) in [5.41, 5.74) is 0.752.